The van der Waals surface area contributed by atoms with Gasteiger partial charge in [0.05, 0.1) is 0 Å². The third-order valence-corrected chi connectivity index (χ3v) is 7.35. The fraction of sp³-hybridized carbons (Fsp3) is 0.692. The summed E-state index contributed by atoms with van der Waals surface area (Å²) in [6.07, 6.45) is 3.12. The minimum atomic E-state index is -3.30. The van der Waals surface area contributed by atoms with E-state index in [1.165, 1.54) is 11.3 Å². The van der Waals surface area contributed by atoms with Crippen LogP contribution in [0.1, 0.15) is 36.6 Å². The molecule has 1 heterocycles. The van der Waals surface area contributed by atoms with Gasteiger partial charge in [-0.25, -0.2) is 8.42 Å². The average Bonchev–Trinajstić information content (AvgIpc) is 2.66. The van der Waals surface area contributed by atoms with Crippen molar-refractivity contribution in [1.82, 2.24) is 9.62 Å². The number of hydrogen-bond donors (Lipinski definition) is 1. The normalized spacial score (nSPS) is 16.8. The first kappa shape index (κ1) is 15.0. The van der Waals surface area contributed by atoms with Crippen LogP contribution < -0.4 is 5.32 Å². The van der Waals surface area contributed by atoms with E-state index in [4.69, 9.17) is 0 Å². The SMILES string of the molecule is CCNCc1sc(S(=O)(=O)N(C)C2CCC2)cc1C. The summed E-state index contributed by atoms with van der Waals surface area (Å²) < 4.78 is 27.1. The molecule has 4 nitrogen and oxygen atoms in total. The summed E-state index contributed by atoms with van der Waals surface area (Å²) in [4.78, 5) is 1.11. The average molecular weight is 302 g/mol. The van der Waals surface area contributed by atoms with E-state index in [0.29, 0.717) is 4.21 Å². The Balaban J connectivity index is 2.20. The second-order valence-electron chi connectivity index (χ2n) is 5.06. The summed E-state index contributed by atoms with van der Waals surface area (Å²) in [6.45, 7) is 5.66. The zero-order chi connectivity index (χ0) is 14.0. The predicted molar refractivity (Wildman–Crippen MR) is 79.0 cm³/mol. The van der Waals surface area contributed by atoms with E-state index >= 15 is 0 Å². The van der Waals surface area contributed by atoms with E-state index in [-0.39, 0.29) is 6.04 Å². The van der Waals surface area contributed by atoms with Crippen molar-refractivity contribution in [3.8, 4) is 0 Å². The Morgan fingerprint density at radius 1 is 1.47 bits per heavy atom. The molecule has 1 aliphatic carbocycles. The van der Waals surface area contributed by atoms with Crippen molar-refractivity contribution in [2.75, 3.05) is 13.6 Å². The molecule has 108 valence electrons. The van der Waals surface area contributed by atoms with Crippen molar-refractivity contribution >= 4 is 21.4 Å². The molecule has 0 radical (unpaired) electrons. The number of aryl methyl sites for hydroxylation is 1. The van der Waals surface area contributed by atoms with Crippen LogP contribution in [0, 0.1) is 6.92 Å². The summed E-state index contributed by atoms with van der Waals surface area (Å²) in [5.41, 5.74) is 1.06. The fourth-order valence-electron chi connectivity index (χ4n) is 2.12. The molecule has 1 saturated carbocycles. The lowest BCUT2D eigenvalue weighted by Crippen LogP contribution is -2.40. The first-order valence-corrected chi connectivity index (χ1v) is 9.00. The second-order valence-corrected chi connectivity index (χ2v) is 8.42. The monoisotopic (exact) mass is 302 g/mol. The Morgan fingerprint density at radius 3 is 2.68 bits per heavy atom. The molecule has 6 heteroatoms. The molecule has 2 rings (SSSR count). The topological polar surface area (TPSA) is 49.4 Å². The molecule has 0 aliphatic heterocycles. The van der Waals surface area contributed by atoms with Gasteiger partial charge in [0.25, 0.3) is 10.0 Å². The van der Waals surface area contributed by atoms with E-state index in [9.17, 15) is 8.42 Å². The summed E-state index contributed by atoms with van der Waals surface area (Å²) in [6, 6.07) is 2.01. The van der Waals surface area contributed by atoms with Crippen molar-refractivity contribution in [2.24, 2.45) is 0 Å². The van der Waals surface area contributed by atoms with Crippen LogP contribution in [0.15, 0.2) is 10.3 Å². The first-order valence-electron chi connectivity index (χ1n) is 6.75. The van der Waals surface area contributed by atoms with Gasteiger partial charge in [-0.05, 0) is 37.9 Å². The molecule has 0 atom stereocenters. The maximum Gasteiger partial charge on any atom is 0.252 e. The maximum atomic E-state index is 12.5. The molecule has 0 saturated heterocycles. The Bertz CT molecular complexity index is 533. The predicted octanol–water partition coefficient (Wildman–Crippen LogP) is 2.34. The highest BCUT2D eigenvalue weighted by Crippen LogP contribution is 2.32. The van der Waals surface area contributed by atoms with Crippen molar-refractivity contribution in [3.05, 3.63) is 16.5 Å². The van der Waals surface area contributed by atoms with Crippen molar-refractivity contribution in [3.63, 3.8) is 0 Å². The highest BCUT2D eigenvalue weighted by Gasteiger charge is 2.32. The molecule has 0 amide bonds. The van der Waals surface area contributed by atoms with Gasteiger partial charge in [-0.2, -0.15) is 4.31 Å². The molecule has 0 spiro atoms. The van der Waals surface area contributed by atoms with Crippen LogP contribution >= 0.6 is 11.3 Å². The molecule has 0 unspecified atom stereocenters. The molecule has 19 heavy (non-hydrogen) atoms. The van der Waals surface area contributed by atoms with Gasteiger partial charge in [-0.3, -0.25) is 0 Å². The largest absolute Gasteiger partial charge is 0.312 e. The minimum Gasteiger partial charge on any atom is -0.312 e. The number of hydrogen-bond acceptors (Lipinski definition) is 4. The van der Waals surface area contributed by atoms with Crippen LogP contribution in [-0.4, -0.2) is 32.4 Å². The lowest BCUT2D eigenvalue weighted by Gasteiger charge is -2.33. The van der Waals surface area contributed by atoms with Crippen LogP contribution in [0.2, 0.25) is 0 Å². The van der Waals surface area contributed by atoms with Crippen LogP contribution in [0.4, 0.5) is 0 Å². The van der Waals surface area contributed by atoms with E-state index < -0.39 is 10.0 Å². The minimum absolute atomic E-state index is 0.199. The molecular weight excluding hydrogens is 280 g/mol. The van der Waals surface area contributed by atoms with Gasteiger partial charge >= 0.3 is 0 Å². The van der Waals surface area contributed by atoms with Crippen LogP contribution in [0.3, 0.4) is 0 Å². The van der Waals surface area contributed by atoms with Crippen LogP contribution in [0.25, 0.3) is 0 Å². The molecule has 1 N–H and O–H groups in total. The van der Waals surface area contributed by atoms with E-state index in [0.717, 1.165) is 42.8 Å². The Hall–Kier alpha value is -0.430. The van der Waals surface area contributed by atoms with Gasteiger partial charge in [0.2, 0.25) is 0 Å². The van der Waals surface area contributed by atoms with Crippen molar-refractivity contribution in [2.45, 2.75) is 49.9 Å². The number of sulfonamides is 1. The Morgan fingerprint density at radius 2 is 2.16 bits per heavy atom. The Labute approximate surface area is 119 Å². The molecule has 1 fully saturated rings. The summed E-state index contributed by atoms with van der Waals surface area (Å²) in [5, 5.41) is 3.25. The zero-order valence-electron chi connectivity index (χ0n) is 11.8. The molecule has 1 aliphatic rings. The van der Waals surface area contributed by atoms with Gasteiger partial charge in [0.1, 0.15) is 4.21 Å². The number of rotatable bonds is 6. The fourth-order valence-corrected chi connectivity index (χ4v) is 5.28. The maximum absolute atomic E-state index is 12.5. The van der Waals surface area contributed by atoms with Crippen LogP contribution in [-0.2, 0) is 16.6 Å². The second kappa shape index (κ2) is 5.91. The van der Waals surface area contributed by atoms with E-state index in [1.807, 2.05) is 19.9 Å². The molecule has 1 aromatic heterocycles. The lowest BCUT2D eigenvalue weighted by atomic mass is 9.94. The van der Waals surface area contributed by atoms with E-state index in [2.05, 4.69) is 5.32 Å². The molecule has 0 aromatic carbocycles. The molecule has 1 aromatic rings. The summed E-state index contributed by atoms with van der Waals surface area (Å²) in [5.74, 6) is 0. The van der Waals surface area contributed by atoms with Gasteiger partial charge in [0.15, 0.2) is 0 Å². The van der Waals surface area contributed by atoms with E-state index in [1.54, 1.807) is 11.4 Å². The third kappa shape index (κ3) is 3.02. The smallest absolute Gasteiger partial charge is 0.252 e. The lowest BCUT2D eigenvalue weighted by molar-refractivity contribution is 0.250. The first-order chi connectivity index (χ1) is 8.96. The number of nitrogens with one attached hydrogen (secondary N) is 1. The highest BCUT2D eigenvalue weighted by atomic mass is 32.2. The summed E-state index contributed by atoms with van der Waals surface area (Å²) in [7, 11) is -1.60. The van der Waals surface area contributed by atoms with Crippen LogP contribution in [0.5, 0.6) is 0 Å². The van der Waals surface area contributed by atoms with Crippen molar-refractivity contribution in [1.29, 1.82) is 0 Å². The molecule has 0 bridgehead atoms. The van der Waals surface area contributed by atoms with Gasteiger partial charge < -0.3 is 5.32 Å². The molecular formula is C13H22N2O2S2. The summed E-state index contributed by atoms with van der Waals surface area (Å²) >= 11 is 1.39. The quantitative estimate of drug-likeness (QED) is 0.877. The number of nitrogens with zero attached hydrogens (tertiary/aromatic N) is 1. The zero-order valence-corrected chi connectivity index (χ0v) is 13.4. The van der Waals surface area contributed by atoms with Gasteiger partial charge in [0, 0.05) is 24.5 Å². The highest BCUT2D eigenvalue weighted by molar-refractivity contribution is 7.91. The van der Waals surface area contributed by atoms with Gasteiger partial charge in [-0.1, -0.05) is 13.3 Å². The standard InChI is InChI=1S/C13H22N2O2S2/c1-4-14-9-12-10(2)8-13(18-12)19(16,17)15(3)11-6-5-7-11/h8,11,14H,4-7,9H2,1-3H3. The third-order valence-electron chi connectivity index (χ3n) is 3.76. The van der Waals surface area contributed by atoms with Crippen molar-refractivity contribution < 1.29 is 8.42 Å². The Kier molecular flexibility index (Phi) is 4.66. The number of thiophene rings is 1. The van der Waals surface area contributed by atoms with Gasteiger partial charge in [-0.15, -0.1) is 11.3 Å².